The van der Waals surface area contributed by atoms with E-state index in [1.165, 1.54) is 0 Å². The topological polar surface area (TPSA) is 284 Å². The van der Waals surface area contributed by atoms with Crippen LogP contribution >= 0.6 is 11.8 Å². The standard InChI is InChI=1S/C26H38N4O17S/c1-11(32)42-10-16-20(43-12(2)33)21(44-13(3)34)22(45-14(4)35)24(47-16)40-7-8-48-26-29-27-25(28-30-26)41-6-5-39-23-19(38)18(37)17(36)15(9-31)46-23/h15-24,31,36-38H,5-10H2,1-4H3/t15-,16-,17+,18+,19-,20-,21+,22-,23-,24-/m1/s1. The summed E-state index contributed by atoms with van der Waals surface area (Å²) >= 11 is 1.07. The van der Waals surface area contributed by atoms with Crippen molar-refractivity contribution in [3.8, 4) is 6.01 Å². The molecule has 2 aliphatic heterocycles. The smallest absolute Gasteiger partial charge is 0.355 e. The van der Waals surface area contributed by atoms with Crippen LogP contribution in [0.25, 0.3) is 0 Å². The summed E-state index contributed by atoms with van der Waals surface area (Å²) in [7, 11) is 0. The first-order valence-corrected chi connectivity index (χ1v) is 15.5. The summed E-state index contributed by atoms with van der Waals surface area (Å²) in [6, 6.07) is -0.203. The van der Waals surface area contributed by atoms with Crippen molar-refractivity contribution in [2.24, 2.45) is 0 Å². The van der Waals surface area contributed by atoms with Gasteiger partial charge in [-0.25, -0.2) is 0 Å². The van der Waals surface area contributed by atoms with Gasteiger partial charge in [0.2, 0.25) is 5.16 Å². The summed E-state index contributed by atoms with van der Waals surface area (Å²) in [5.41, 5.74) is 0. The molecule has 48 heavy (non-hydrogen) atoms. The van der Waals surface area contributed by atoms with Crippen molar-refractivity contribution in [2.75, 3.05) is 38.8 Å². The zero-order valence-corrected chi connectivity index (χ0v) is 27.1. The molecule has 2 fully saturated rings. The number of aromatic nitrogens is 4. The monoisotopic (exact) mass is 710 g/mol. The fourth-order valence-electron chi connectivity index (χ4n) is 4.45. The second-order valence-electron chi connectivity index (χ2n) is 10.2. The molecule has 0 amide bonds. The molecule has 0 spiro atoms. The molecule has 0 saturated carbocycles. The van der Waals surface area contributed by atoms with Gasteiger partial charge in [0.25, 0.3) is 0 Å². The van der Waals surface area contributed by atoms with Crippen LogP contribution in [-0.2, 0) is 57.1 Å². The van der Waals surface area contributed by atoms with Gasteiger partial charge in [-0.05, 0) is 0 Å². The lowest BCUT2D eigenvalue weighted by Gasteiger charge is -2.44. The molecule has 1 aromatic heterocycles. The summed E-state index contributed by atoms with van der Waals surface area (Å²) in [6.07, 6.45) is -13.6. The van der Waals surface area contributed by atoms with Crippen molar-refractivity contribution in [3.05, 3.63) is 0 Å². The third kappa shape index (κ3) is 11.7. The Morgan fingerprint density at radius 3 is 1.88 bits per heavy atom. The molecule has 0 aliphatic carbocycles. The van der Waals surface area contributed by atoms with Gasteiger partial charge in [-0.3, -0.25) is 19.2 Å². The molecule has 21 nitrogen and oxygen atoms in total. The number of nitrogens with zero attached hydrogens (tertiary/aromatic N) is 4. The number of carbonyl (C=O) groups excluding carboxylic acids is 4. The lowest BCUT2D eigenvalue weighted by molar-refractivity contribution is -0.307. The first-order valence-electron chi connectivity index (χ1n) is 14.5. The number of ether oxygens (including phenoxy) is 9. The minimum absolute atomic E-state index is 0.0602. The van der Waals surface area contributed by atoms with Crippen molar-refractivity contribution in [3.63, 3.8) is 0 Å². The van der Waals surface area contributed by atoms with Gasteiger partial charge in [0, 0.05) is 33.4 Å². The Kier molecular flexibility index (Phi) is 15.5. The van der Waals surface area contributed by atoms with E-state index in [1.54, 1.807) is 0 Å². The first-order chi connectivity index (χ1) is 22.8. The molecule has 0 unspecified atom stereocenters. The summed E-state index contributed by atoms with van der Waals surface area (Å²) in [5, 5.41) is 54.3. The summed E-state index contributed by atoms with van der Waals surface area (Å²) in [4.78, 5) is 47.2. The number of hydrogen-bond acceptors (Lipinski definition) is 22. The molecule has 3 rings (SSSR count). The fraction of sp³-hybridized carbons (Fsp3) is 0.769. The van der Waals surface area contributed by atoms with Crippen LogP contribution in [0.2, 0.25) is 0 Å². The van der Waals surface area contributed by atoms with Crippen LogP contribution in [0.5, 0.6) is 6.01 Å². The van der Waals surface area contributed by atoms with Crippen LogP contribution in [0.4, 0.5) is 0 Å². The van der Waals surface area contributed by atoms with E-state index in [-0.39, 0.29) is 36.7 Å². The third-order valence-electron chi connectivity index (χ3n) is 6.43. The molecule has 2 saturated heterocycles. The third-order valence-corrected chi connectivity index (χ3v) is 7.22. The fourth-order valence-corrected chi connectivity index (χ4v) is 5.01. The highest BCUT2D eigenvalue weighted by Crippen LogP contribution is 2.30. The van der Waals surface area contributed by atoms with Gasteiger partial charge >= 0.3 is 29.9 Å². The Hall–Kier alpha value is -3.35. The van der Waals surface area contributed by atoms with Gasteiger partial charge in [-0.1, -0.05) is 22.0 Å². The van der Waals surface area contributed by atoms with Crippen LogP contribution in [0, 0.1) is 0 Å². The van der Waals surface area contributed by atoms with Crippen LogP contribution in [0.15, 0.2) is 5.16 Å². The van der Waals surface area contributed by atoms with Crippen molar-refractivity contribution >= 4 is 35.6 Å². The molecule has 4 N–H and O–H groups in total. The molecule has 1 aromatic rings. The minimum Gasteiger partial charge on any atom is -0.463 e. The van der Waals surface area contributed by atoms with E-state index in [0.29, 0.717) is 0 Å². The Balaban J connectivity index is 1.52. The van der Waals surface area contributed by atoms with E-state index in [9.17, 15) is 39.6 Å². The number of esters is 4. The SMILES string of the molecule is CC(=O)OC[C@H]1O[C@@H](OCCSc2nnc(OCCO[C@@H]3O[C@H](CO)[C@H](O)[C@H](O)[C@H]3O)nn2)[C@H](OC(C)=O)[C@@H](OC(C)=O)[C@@H]1OC(C)=O. The second kappa shape index (κ2) is 19.0. The lowest BCUT2D eigenvalue weighted by atomic mass is 9.98. The molecule has 10 atom stereocenters. The molecular formula is C26H38N4O17S. The maximum absolute atomic E-state index is 11.9. The van der Waals surface area contributed by atoms with Crippen molar-refractivity contribution in [1.82, 2.24) is 20.4 Å². The molecule has 0 aromatic carbocycles. The normalized spacial score (nSPS) is 30.2. The van der Waals surface area contributed by atoms with Gasteiger partial charge in [0.1, 0.15) is 43.7 Å². The highest BCUT2D eigenvalue weighted by Gasteiger charge is 2.52. The maximum atomic E-state index is 11.9. The minimum atomic E-state index is -1.58. The van der Waals surface area contributed by atoms with Gasteiger partial charge in [0.15, 0.2) is 30.9 Å². The van der Waals surface area contributed by atoms with E-state index < -0.39 is 98.5 Å². The zero-order valence-electron chi connectivity index (χ0n) is 26.3. The van der Waals surface area contributed by atoms with Crippen LogP contribution < -0.4 is 4.74 Å². The predicted molar refractivity (Wildman–Crippen MR) is 151 cm³/mol. The van der Waals surface area contributed by atoms with Crippen LogP contribution in [0.3, 0.4) is 0 Å². The van der Waals surface area contributed by atoms with Gasteiger partial charge in [-0.15, -0.1) is 10.2 Å². The van der Waals surface area contributed by atoms with Gasteiger partial charge in [-0.2, -0.15) is 0 Å². The second-order valence-corrected chi connectivity index (χ2v) is 11.2. The largest absolute Gasteiger partial charge is 0.463 e. The Bertz CT molecular complexity index is 1210. The zero-order chi connectivity index (χ0) is 35.4. The van der Waals surface area contributed by atoms with E-state index in [4.69, 9.17) is 42.6 Å². The molecule has 0 radical (unpaired) electrons. The average Bonchev–Trinajstić information content (AvgIpc) is 3.02. The Morgan fingerprint density at radius 1 is 0.688 bits per heavy atom. The molecule has 270 valence electrons. The van der Waals surface area contributed by atoms with E-state index in [2.05, 4.69) is 20.4 Å². The van der Waals surface area contributed by atoms with Gasteiger partial charge in [0.05, 0.1) is 19.8 Å². The number of thioether (sulfide) groups is 1. The number of hydrogen-bond donors (Lipinski definition) is 4. The van der Waals surface area contributed by atoms with Crippen LogP contribution in [-0.4, -0.2) is 165 Å². The Labute approximate surface area is 277 Å². The number of rotatable bonds is 16. The predicted octanol–water partition coefficient (Wildman–Crippen LogP) is -3.35. The molecule has 3 heterocycles. The molecular weight excluding hydrogens is 672 g/mol. The van der Waals surface area contributed by atoms with Crippen molar-refractivity contribution < 1.29 is 82.2 Å². The highest BCUT2D eigenvalue weighted by atomic mass is 32.2. The molecule has 22 heteroatoms. The van der Waals surface area contributed by atoms with Crippen molar-refractivity contribution in [1.29, 1.82) is 0 Å². The number of carbonyl (C=O) groups is 4. The van der Waals surface area contributed by atoms with Gasteiger partial charge < -0.3 is 63.1 Å². The van der Waals surface area contributed by atoms with Crippen molar-refractivity contribution in [2.45, 2.75) is 94.3 Å². The van der Waals surface area contributed by atoms with Crippen LogP contribution in [0.1, 0.15) is 27.7 Å². The lowest BCUT2D eigenvalue weighted by Crippen LogP contribution is -2.63. The summed E-state index contributed by atoms with van der Waals surface area (Å²) < 4.78 is 48.5. The maximum Gasteiger partial charge on any atom is 0.355 e. The molecule has 2 aliphatic rings. The molecule has 0 bridgehead atoms. The highest BCUT2D eigenvalue weighted by molar-refractivity contribution is 7.99. The summed E-state index contributed by atoms with van der Waals surface area (Å²) in [5.74, 6) is -2.76. The first kappa shape index (κ1) is 39.1. The number of aliphatic hydroxyl groups excluding tert-OH is 4. The van der Waals surface area contributed by atoms with E-state index >= 15 is 0 Å². The average molecular weight is 711 g/mol. The van der Waals surface area contributed by atoms with E-state index in [0.717, 1.165) is 39.5 Å². The quantitative estimate of drug-likeness (QED) is 0.0564. The van der Waals surface area contributed by atoms with E-state index in [1.807, 2.05) is 0 Å². The Morgan fingerprint density at radius 2 is 1.27 bits per heavy atom. The number of aliphatic hydroxyl groups is 4. The summed E-state index contributed by atoms with van der Waals surface area (Å²) in [6.45, 7) is 3.15.